The van der Waals surface area contributed by atoms with Crippen LogP contribution >= 0.6 is 0 Å². The smallest absolute Gasteiger partial charge is 0.268 e. The molecule has 5 aromatic rings. The van der Waals surface area contributed by atoms with E-state index in [4.69, 9.17) is 9.47 Å². The molecule has 8 heteroatoms. The average Bonchev–Trinajstić information content (AvgIpc) is 3.60. The first-order valence-electron chi connectivity index (χ1n) is 13.5. The number of hydrogen-bond acceptors (Lipinski definition) is 4. The Balaban J connectivity index is 1.29. The number of fused-ring (bicyclic) bond motifs is 3. The molecule has 2 amide bonds. The number of ether oxygens (including phenoxy) is 2. The minimum atomic E-state index is -0.781. The van der Waals surface area contributed by atoms with E-state index in [-0.39, 0.29) is 17.9 Å². The van der Waals surface area contributed by atoms with Crippen molar-refractivity contribution in [3.8, 4) is 11.5 Å². The molecule has 0 spiro atoms. The van der Waals surface area contributed by atoms with Gasteiger partial charge in [-0.3, -0.25) is 9.59 Å². The van der Waals surface area contributed by atoms with Gasteiger partial charge in [0, 0.05) is 40.5 Å². The molecule has 0 radical (unpaired) electrons. The zero-order valence-corrected chi connectivity index (χ0v) is 22.5. The second-order valence-electron chi connectivity index (χ2n) is 10.2. The van der Waals surface area contributed by atoms with Crippen molar-refractivity contribution in [2.75, 3.05) is 14.2 Å². The fourth-order valence-corrected chi connectivity index (χ4v) is 5.72. The predicted octanol–water partition coefficient (Wildman–Crippen LogP) is 5.20. The number of benzene rings is 3. The van der Waals surface area contributed by atoms with E-state index in [0.717, 1.165) is 52.2 Å². The summed E-state index contributed by atoms with van der Waals surface area (Å²) in [4.78, 5) is 33.8. The molecule has 0 aliphatic heterocycles. The van der Waals surface area contributed by atoms with E-state index >= 15 is 0 Å². The van der Waals surface area contributed by atoms with Gasteiger partial charge in [0.15, 0.2) is 11.5 Å². The van der Waals surface area contributed by atoms with E-state index < -0.39 is 6.04 Å². The highest BCUT2D eigenvalue weighted by Crippen LogP contribution is 2.33. The number of H-pyrrole nitrogens is 2. The van der Waals surface area contributed by atoms with Crippen molar-refractivity contribution in [3.63, 3.8) is 0 Å². The average molecular weight is 537 g/mol. The van der Waals surface area contributed by atoms with Crippen LogP contribution in [0.3, 0.4) is 0 Å². The molecule has 0 saturated carbocycles. The lowest BCUT2D eigenvalue weighted by Crippen LogP contribution is -2.49. The van der Waals surface area contributed by atoms with Crippen LogP contribution in [0.4, 0.5) is 0 Å². The molecule has 1 aliphatic carbocycles. The quantitative estimate of drug-likeness (QED) is 0.219. The summed E-state index contributed by atoms with van der Waals surface area (Å²) in [7, 11) is 3.14. The molecule has 1 aliphatic rings. The number of carbonyl (C=O) groups excluding carboxylic acids is 2. The van der Waals surface area contributed by atoms with Crippen LogP contribution in [0.25, 0.3) is 21.8 Å². The van der Waals surface area contributed by atoms with Crippen molar-refractivity contribution >= 4 is 33.6 Å². The minimum Gasteiger partial charge on any atom is -0.493 e. The number of para-hydroxylation sites is 1. The van der Waals surface area contributed by atoms with E-state index in [0.29, 0.717) is 23.6 Å². The van der Waals surface area contributed by atoms with Gasteiger partial charge >= 0.3 is 0 Å². The van der Waals surface area contributed by atoms with E-state index in [1.807, 2.05) is 48.7 Å². The van der Waals surface area contributed by atoms with Crippen LogP contribution in [0.5, 0.6) is 11.5 Å². The summed E-state index contributed by atoms with van der Waals surface area (Å²) in [6, 6.07) is 20.7. The van der Waals surface area contributed by atoms with Crippen molar-refractivity contribution < 1.29 is 19.1 Å². The van der Waals surface area contributed by atoms with Gasteiger partial charge in [0.25, 0.3) is 5.91 Å². The Morgan fingerprint density at radius 3 is 2.60 bits per heavy atom. The number of carbonyl (C=O) groups is 2. The van der Waals surface area contributed by atoms with Crippen LogP contribution in [0.2, 0.25) is 0 Å². The maximum Gasteiger partial charge on any atom is 0.268 e. The maximum absolute atomic E-state index is 13.8. The van der Waals surface area contributed by atoms with Gasteiger partial charge in [0.1, 0.15) is 11.7 Å². The number of hydrogen-bond donors (Lipinski definition) is 4. The van der Waals surface area contributed by atoms with Crippen molar-refractivity contribution in [3.05, 3.63) is 95.3 Å². The minimum absolute atomic E-state index is 0.0900. The molecule has 0 saturated heterocycles. The molecular formula is C32H32N4O4. The molecule has 3 aromatic carbocycles. The third-order valence-electron chi connectivity index (χ3n) is 7.78. The second kappa shape index (κ2) is 10.8. The Hall–Kier alpha value is -4.72. The van der Waals surface area contributed by atoms with Crippen LogP contribution < -0.4 is 20.1 Å². The summed E-state index contributed by atoms with van der Waals surface area (Å²) in [5.74, 6) is 0.566. The van der Waals surface area contributed by atoms with Gasteiger partial charge in [-0.05, 0) is 54.2 Å². The fourth-order valence-electron chi connectivity index (χ4n) is 5.72. The third-order valence-corrected chi connectivity index (χ3v) is 7.78. The lowest BCUT2D eigenvalue weighted by molar-refractivity contribution is -0.123. The molecule has 6 rings (SSSR count). The van der Waals surface area contributed by atoms with Gasteiger partial charge in [0.05, 0.1) is 20.3 Å². The summed E-state index contributed by atoms with van der Waals surface area (Å²) in [6.07, 6.45) is 5.13. The van der Waals surface area contributed by atoms with Gasteiger partial charge in [-0.2, -0.15) is 0 Å². The molecule has 2 aromatic heterocycles. The summed E-state index contributed by atoms with van der Waals surface area (Å²) in [6.45, 7) is 0. The Morgan fingerprint density at radius 2 is 1.75 bits per heavy atom. The molecule has 8 nitrogen and oxygen atoms in total. The highest BCUT2D eigenvalue weighted by Gasteiger charge is 2.28. The summed E-state index contributed by atoms with van der Waals surface area (Å²) in [5.41, 5.74) is 5.45. The first-order valence-corrected chi connectivity index (χ1v) is 13.5. The van der Waals surface area contributed by atoms with Gasteiger partial charge in [-0.15, -0.1) is 0 Å². The number of aromatic amines is 2. The molecule has 4 N–H and O–H groups in total. The van der Waals surface area contributed by atoms with E-state index in [2.05, 4.69) is 32.7 Å². The number of aromatic nitrogens is 2. The van der Waals surface area contributed by atoms with E-state index in [9.17, 15) is 9.59 Å². The van der Waals surface area contributed by atoms with Crippen LogP contribution in [-0.4, -0.2) is 42.0 Å². The van der Waals surface area contributed by atoms with Crippen molar-refractivity contribution in [1.82, 2.24) is 20.6 Å². The normalized spacial score (nSPS) is 15.4. The summed E-state index contributed by atoms with van der Waals surface area (Å²) >= 11 is 0. The Bertz CT molecular complexity index is 1660. The number of nitrogens with one attached hydrogen (secondary N) is 4. The first kappa shape index (κ1) is 25.6. The lowest BCUT2D eigenvalue weighted by atomic mass is 9.87. The number of rotatable bonds is 8. The lowest BCUT2D eigenvalue weighted by Gasteiger charge is -2.28. The Labute approximate surface area is 232 Å². The van der Waals surface area contributed by atoms with E-state index in [1.165, 1.54) is 5.56 Å². The van der Waals surface area contributed by atoms with Gasteiger partial charge in [-0.1, -0.05) is 42.5 Å². The third kappa shape index (κ3) is 4.88. The number of amides is 2. The first-order chi connectivity index (χ1) is 19.5. The number of methoxy groups -OCH3 is 2. The zero-order valence-electron chi connectivity index (χ0n) is 22.5. The van der Waals surface area contributed by atoms with Crippen molar-refractivity contribution in [2.45, 2.75) is 37.8 Å². The highest BCUT2D eigenvalue weighted by molar-refractivity contribution is 6.01. The van der Waals surface area contributed by atoms with Gasteiger partial charge < -0.3 is 30.1 Å². The van der Waals surface area contributed by atoms with Crippen LogP contribution in [0.15, 0.2) is 72.9 Å². The second-order valence-corrected chi connectivity index (χ2v) is 10.2. The van der Waals surface area contributed by atoms with Crippen LogP contribution in [0.1, 0.15) is 46.1 Å². The molecule has 0 bridgehead atoms. The summed E-state index contributed by atoms with van der Waals surface area (Å²) < 4.78 is 10.8. The Kier molecular flexibility index (Phi) is 6.90. The van der Waals surface area contributed by atoms with Gasteiger partial charge in [-0.25, -0.2) is 0 Å². The molecule has 0 fully saturated rings. The largest absolute Gasteiger partial charge is 0.493 e. The monoisotopic (exact) mass is 536 g/mol. The fraction of sp³-hybridized carbons (Fsp3) is 0.250. The molecule has 2 heterocycles. The SMILES string of the molecule is COc1cc2cc(C(=O)N[C@@H](Cc3c[nH]c4ccccc34)C(=O)NC3CCCc4ccccc43)[nH]c2cc1OC. The van der Waals surface area contributed by atoms with Gasteiger partial charge in [0.2, 0.25) is 5.91 Å². The number of aryl methyl sites for hydroxylation is 1. The van der Waals surface area contributed by atoms with Crippen molar-refractivity contribution in [1.29, 1.82) is 0 Å². The maximum atomic E-state index is 13.8. The predicted molar refractivity (Wildman–Crippen MR) is 155 cm³/mol. The molecule has 2 atom stereocenters. The molecular weight excluding hydrogens is 504 g/mol. The van der Waals surface area contributed by atoms with E-state index in [1.54, 1.807) is 26.4 Å². The topological polar surface area (TPSA) is 108 Å². The van der Waals surface area contributed by atoms with Crippen LogP contribution in [0, 0.1) is 0 Å². The molecule has 1 unspecified atom stereocenters. The molecule has 204 valence electrons. The zero-order chi connectivity index (χ0) is 27.6. The molecule has 40 heavy (non-hydrogen) atoms. The van der Waals surface area contributed by atoms with Crippen molar-refractivity contribution in [2.24, 2.45) is 0 Å². The highest BCUT2D eigenvalue weighted by atomic mass is 16.5. The summed E-state index contributed by atoms with van der Waals surface area (Å²) in [5, 5.41) is 8.09. The van der Waals surface area contributed by atoms with Crippen LogP contribution in [-0.2, 0) is 17.6 Å². The Morgan fingerprint density at radius 1 is 0.975 bits per heavy atom. The standard InChI is InChI=1S/C32H32N4O4/c1-39-29-16-20-14-27(34-26(20)17-30(29)40-2)31(37)36-28(15-21-18-33-24-12-6-5-11-23(21)24)32(38)35-25-13-7-9-19-8-3-4-10-22(19)25/h3-6,8,10-12,14,16-18,25,28,33-34H,7,9,13,15H2,1-2H3,(H,35,38)(H,36,37)/t25?,28-/m0/s1.